The summed E-state index contributed by atoms with van der Waals surface area (Å²) in [4.78, 5) is 4.12. The highest BCUT2D eigenvalue weighted by atomic mass is 19.1. The van der Waals surface area contributed by atoms with Crippen LogP contribution in [0.5, 0.6) is 0 Å². The predicted octanol–water partition coefficient (Wildman–Crippen LogP) is 1.93. The molecule has 0 radical (unpaired) electrons. The fourth-order valence-electron chi connectivity index (χ4n) is 2.21. The first-order valence-corrected chi connectivity index (χ1v) is 5.62. The van der Waals surface area contributed by atoms with Gasteiger partial charge in [-0.25, -0.2) is 18.4 Å². The lowest BCUT2D eigenvalue weighted by Gasteiger charge is -2.09. The molecule has 3 aromatic rings. The number of aromatic nitrogens is 4. The van der Waals surface area contributed by atoms with E-state index in [1.54, 1.807) is 14.0 Å². The third-order valence-corrected chi connectivity index (χ3v) is 2.99. The number of nitrogen functional groups attached to an aromatic ring is 1. The van der Waals surface area contributed by atoms with Crippen LogP contribution in [0.2, 0.25) is 0 Å². The van der Waals surface area contributed by atoms with Crippen LogP contribution >= 0.6 is 0 Å². The number of aryl methyl sites for hydroxylation is 2. The van der Waals surface area contributed by atoms with Crippen LogP contribution in [0.1, 0.15) is 5.69 Å². The summed E-state index contributed by atoms with van der Waals surface area (Å²) in [6.07, 6.45) is 0. The van der Waals surface area contributed by atoms with Crippen molar-refractivity contribution in [1.29, 1.82) is 0 Å². The van der Waals surface area contributed by atoms with Crippen molar-refractivity contribution < 1.29 is 8.78 Å². The van der Waals surface area contributed by atoms with Gasteiger partial charge in [-0.3, -0.25) is 4.57 Å². The largest absolute Gasteiger partial charge is 0.369 e. The van der Waals surface area contributed by atoms with Crippen LogP contribution in [0.4, 0.5) is 14.7 Å². The smallest absolute Gasteiger partial charge is 0.207 e. The Morgan fingerprint density at radius 1 is 1.21 bits per heavy atom. The zero-order valence-electron chi connectivity index (χ0n) is 10.4. The molecule has 2 aromatic heterocycles. The van der Waals surface area contributed by atoms with Crippen LogP contribution in [-0.4, -0.2) is 19.3 Å². The molecule has 0 aliphatic rings. The average molecular weight is 263 g/mol. The number of nitrogens with two attached hydrogens (primary N) is 1. The minimum absolute atomic E-state index is 0.0232. The van der Waals surface area contributed by atoms with Gasteiger partial charge in [0.25, 0.3) is 0 Å². The maximum Gasteiger partial charge on any atom is 0.207 e. The molecule has 0 aliphatic heterocycles. The quantitative estimate of drug-likeness (QED) is 0.729. The third-order valence-electron chi connectivity index (χ3n) is 2.99. The number of fused-ring (bicyclic) bond motifs is 1. The minimum Gasteiger partial charge on any atom is -0.369 e. The second-order valence-electron chi connectivity index (χ2n) is 4.26. The van der Waals surface area contributed by atoms with Crippen molar-refractivity contribution in [3.63, 3.8) is 0 Å². The number of halogens is 2. The van der Waals surface area contributed by atoms with Gasteiger partial charge in [-0.05, 0) is 19.1 Å². The van der Waals surface area contributed by atoms with Crippen LogP contribution in [0.15, 0.2) is 18.2 Å². The van der Waals surface area contributed by atoms with E-state index in [0.717, 1.165) is 0 Å². The van der Waals surface area contributed by atoms with Crippen molar-refractivity contribution in [3.8, 4) is 5.69 Å². The van der Waals surface area contributed by atoms with Gasteiger partial charge in [-0.2, -0.15) is 5.10 Å². The van der Waals surface area contributed by atoms with E-state index >= 15 is 0 Å². The van der Waals surface area contributed by atoms with Crippen molar-refractivity contribution >= 4 is 17.1 Å². The molecule has 0 saturated heterocycles. The van der Waals surface area contributed by atoms with Crippen molar-refractivity contribution in [3.05, 3.63) is 35.5 Å². The Bertz CT molecular complexity index is 767. The van der Waals surface area contributed by atoms with E-state index in [1.807, 2.05) is 0 Å². The Labute approximate surface area is 107 Å². The summed E-state index contributed by atoms with van der Waals surface area (Å²) in [6, 6.07) is 3.65. The molecule has 0 unspecified atom stereocenters. The van der Waals surface area contributed by atoms with E-state index in [9.17, 15) is 8.78 Å². The van der Waals surface area contributed by atoms with Gasteiger partial charge in [0, 0.05) is 7.05 Å². The molecule has 98 valence electrons. The van der Waals surface area contributed by atoms with Crippen LogP contribution in [-0.2, 0) is 7.05 Å². The van der Waals surface area contributed by atoms with Gasteiger partial charge in [-0.15, -0.1) is 0 Å². The van der Waals surface area contributed by atoms with E-state index in [1.165, 1.54) is 27.4 Å². The number of nitrogens with zero attached hydrogens (tertiary/aromatic N) is 4. The third kappa shape index (κ3) is 1.51. The lowest BCUT2D eigenvalue weighted by Crippen LogP contribution is -2.08. The second-order valence-corrected chi connectivity index (χ2v) is 4.26. The molecule has 0 saturated carbocycles. The highest BCUT2D eigenvalue weighted by Gasteiger charge is 2.21. The number of anilines is 1. The van der Waals surface area contributed by atoms with Gasteiger partial charge in [0.1, 0.15) is 22.8 Å². The highest BCUT2D eigenvalue weighted by Crippen LogP contribution is 2.27. The molecule has 3 rings (SSSR count). The minimum atomic E-state index is -0.704. The number of rotatable bonds is 1. The van der Waals surface area contributed by atoms with Crippen LogP contribution in [0.3, 0.4) is 0 Å². The first-order valence-electron chi connectivity index (χ1n) is 5.62. The van der Waals surface area contributed by atoms with Gasteiger partial charge >= 0.3 is 0 Å². The summed E-state index contributed by atoms with van der Waals surface area (Å²) >= 11 is 0. The molecule has 0 aliphatic carbocycles. The topological polar surface area (TPSA) is 61.7 Å². The molecule has 0 fully saturated rings. The first-order chi connectivity index (χ1) is 9.00. The molecule has 0 spiro atoms. The lowest BCUT2D eigenvalue weighted by atomic mass is 10.3. The number of imidazole rings is 1. The molecule has 0 bridgehead atoms. The fraction of sp³-hybridized carbons (Fsp3) is 0.167. The highest BCUT2D eigenvalue weighted by molar-refractivity contribution is 5.80. The zero-order valence-corrected chi connectivity index (χ0v) is 10.4. The summed E-state index contributed by atoms with van der Waals surface area (Å²) in [7, 11) is 1.67. The van der Waals surface area contributed by atoms with Gasteiger partial charge in [0.15, 0.2) is 5.65 Å². The Kier molecular flexibility index (Phi) is 2.31. The van der Waals surface area contributed by atoms with Crippen molar-refractivity contribution in [2.75, 3.05) is 5.73 Å². The molecule has 2 N–H and O–H groups in total. The SMILES string of the molecule is Cc1nn(C)c2c1nc(N)n2-c1c(F)cccc1F. The summed E-state index contributed by atoms with van der Waals surface area (Å²) < 4.78 is 30.5. The maximum atomic E-state index is 13.9. The Morgan fingerprint density at radius 3 is 2.47 bits per heavy atom. The average Bonchev–Trinajstić information content (AvgIpc) is 2.79. The molecule has 5 nitrogen and oxygen atoms in total. The molecular weight excluding hydrogens is 252 g/mol. The van der Waals surface area contributed by atoms with E-state index in [2.05, 4.69) is 10.1 Å². The first kappa shape index (κ1) is 11.6. The molecular formula is C12H11F2N5. The summed E-state index contributed by atoms with van der Waals surface area (Å²) in [5.41, 5.74) is 7.18. The number of benzene rings is 1. The van der Waals surface area contributed by atoms with Gasteiger partial charge in [0.05, 0.1) is 5.69 Å². The number of para-hydroxylation sites is 1. The summed E-state index contributed by atoms with van der Waals surface area (Å²) in [5, 5.41) is 4.17. The number of hydrogen-bond acceptors (Lipinski definition) is 3. The van der Waals surface area contributed by atoms with Crippen LogP contribution in [0.25, 0.3) is 16.9 Å². The Balaban J connectivity index is 2.46. The van der Waals surface area contributed by atoms with Crippen molar-refractivity contribution in [1.82, 2.24) is 19.3 Å². The molecule has 7 heteroatoms. The van der Waals surface area contributed by atoms with Gasteiger partial charge in [-0.1, -0.05) is 6.07 Å². The van der Waals surface area contributed by atoms with Gasteiger partial charge in [0.2, 0.25) is 5.95 Å². The molecule has 2 heterocycles. The van der Waals surface area contributed by atoms with Crippen LogP contribution < -0.4 is 5.73 Å². The molecule has 19 heavy (non-hydrogen) atoms. The Morgan fingerprint density at radius 2 is 1.84 bits per heavy atom. The molecule has 0 amide bonds. The zero-order chi connectivity index (χ0) is 13.7. The van der Waals surface area contributed by atoms with E-state index in [-0.39, 0.29) is 11.6 Å². The van der Waals surface area contributed by atoms with Crippen molar-refractivity contribution in [2.24, 2.45) is 7.05 Å². The molecule has 0 atom stereocenters. The number of hydrogen-bond donors (Lipinski definition) is 1. The normalized spacial score (nSPS) is 11.4. The van der Waals surface area contributed by atoms with Crippen LogP contribution in [0, 0.1) is 18.6 Å². The predicted molar refractivity (Wildman–Crippen MR) is 66.9 cm³/mol. The van der Waals surface area contributed by atoms with E-state index in [4.69, 9.17) is 5.73 Å². The fourth-order valence-corrected chi connectivity index (χ4v) is 2.21. The monoisotopic (exact) mass is 263 g/mol. The summed E-state index contributed by atoms with van der Waals surface area (Å²) in [6.45, 7) is 1.76. The Hall–Kier alpha value is -2.44. The van der Waals surface area contributed by atoms with Gasteiger partial charge < -0.3 is 5.73 Å². The summed E-state index contributed by atoms with van der Waals surface area (Å²) in [5.74, 6) is -1.38. The molecule has 1 aromatic carbocycles. The lowest BCUT2D eigenvalue weighted by molar-refractivity contribution is 0.570. The second kappa shape index (κ2) is 3.78. The van der Waals surface area contributed by atoms with Crippen molar-refractivity contribution in [2.45, 2.75) is 6.92 Å². The standard InChI is InChI=1S/C12H11F2N5/c1-6-9-11(18(2)17-6)19(12(15)16-9)10-7(13)4-3-5-8(10)14/h3-5H,1-2H3,(H2,15,16). The maximum absolute atomic E-state index is 13.9. The van der Waals surface area contributed by atoms with E-state index < -0.39 is 11.6 Å². The van der Waals surface area contributed by atoms with E-state index in [0.29, 0.717) is 16.9 Å².